The maximum Gasteiger partial charge on any atom is 0.188 e. The van der Waals surface area contributed by atoms with Gasteiger partial charge in [-0.05, 0) is 35.9 Å². The lowest BCUT2D eigenvalue weighted by Crippen LogP contribution is -1.97. The largest absolute Gasteiger partial charge is 0.468 e. The van der Waals surface area contributed by atoms with Gasteiger partial charge in [-0.25, -0.2) is 0 Å². The highest BCUT2D eigenvalue weighted by atomic mass is 16.7. The number of ether oxygens (including phenoxy) is 2. The quantitative estimate of drug-likeness (QED) is 0.583. The first-order valence-corrected chi connectivity index (χ1v) is 6.36. The Bertz CT molecular complexity index is 559. The van der Waals surface area contributed by atoms with E-state index in [4.69, 9.17) is 9.47 Å². The number of methoxy groups -OCH3 is 1. The number of hydrogen-bond donors (Lipinski definition) is 0. The number of nitrogens with zero attached hydrogens (tertiary/aromatic N) is 1. The Morgan fingerprint density at radius 2 is 1.75 bits per heavy atom. The summed E-state index contributed by atoms with van der Waals surface area (Å²) < 4.78 is 10.1. The molecule has 0 aliphatic carbocycles. The van der Waals surface area contributed by atoms with E-state index in [1.165, 1.54) is 0 Å². The van der Waals surface area contributed by atoms with Crippen molar-refractivity contribution in [1.82, 2.24) is 0 Å². The van der Waals surface area contributed by atoms with E-state index in [0.717, 1.165) is 17.0 Å². The molecule has 0 heterocycles. The second-order valence-corrected chi connectivity index (χ2v) is 4.09. The van der Waals surface area contributed by atoms with Crippen LogP contribution in [-0.4, -0.2) is 20.1 Å². The minimum Gasteiger partial charge on any atom is -0.468 e. The molecule has 0 saturated carbocycles. The summed E-state index contributed by atoms with van der Waals surface area (Å²) in [5.41, 5.74) is 2.04. The molecule has 0 N–H and O–H groups in total. The molecule has 0 fully saturated rings. The van der Waals surface area contributed by atoms with Crippen LogP contribution in [0.2, 0.25) is 0 Å². The van der Waals surface area contributed by atoms with Crippen LogP contribution in [0.3, 0.4) is 0 Å². The average Bonchev–Trinajstić information content (AvgIpc) is 2.52. The van der Waals surface area contributed by atoms with Crippen molar-refractivity contribution in [2.45, 2.75) is 0 Å². The lowest BCUT2D eigenvalue weighted by molar-refractivity contribution is 0.0511. The van der Waals surface area contributed by atoms with Crippen molar-refractivity contribution in [2.24, 2.45) is 4.99 Å². The zero-order chi connectivity index (χ0) is 14.0. The number of benzene rings is 2. The molecule has 0 bridgehead atoms. The highest BCUT2D eigenvalue weighted by Crippen LogP contribution is 2.17. The van der Waals surface area contributed by atoms with Crippen LogP contribution in [-0.2, 0) is 4.74 Å². The van der Waals surface area contributed by atoms with Gasteiger partial charge in [-0.2, -0.15) is 0 Å². The van der Waals surface area contributed by atoms with Crippen molar-refractivity contribution >= 4 is 18.0 Å². The van der Waals surface area contributed by atoms with Crippen LogP contribution < -0.4 is 4.74 Å². The molecular formula is C17H17NO2. The van der Waals surface area contributed by atoms with E-state index in [9.17, 15) is 0 Å². The third kappa shape index (κ3) is 4.71. The Balaban J connectivity index is 1.89. The molecule has 0 saturated heterocycles. The zero-order valence-corrected chi connectivity index (χ0v) is 11.4. The standard InChI is InChI=1S/C17H17NO2/c1-19-14-20-17-11-9-16(10-12-17)18-13-5-8-15-6-3-2-4-7-15/h2-13H,14H2,1H3/b8-5+,18-13-. The maximum absolute atomic E-state index is 5.31. The van der Waals surface area contributed by atoms with Crippen LogP contribution in [0.15, 0.2) is 65.7 Å². The molecular weight excluding hydrogens is 250 g/mol. The predicted octanol–water partition coefficient (Wildman–Crippen LogP) is 4.09. The molecule has 0 unspecified atom stereocenters. The summed E-state index contributed by atoms with van der Waals surface area (Å²) in [5.74, 6) is 0.769. The van der Waals surface area contributed by atoms with E-state index in [2.05, 4.69) is 4.99 Å². The third-order valence-electron chi connectivity index (χ3n) is 2.58. The predicted molar refractivity (Wildman–Crippen MR) is 82.6 cm³/mol. The van der Waals surface area contributed by atoms with Crippen molar-refractivity contribution in [3.63, 3.8) is 0 Å². The Hall–Kier alpha value is -2.39. The van der Waals surface area contributed by atoms with Gasteiger partial charge in [0.1, 0.15) is 5.75 Å². The Morgan fingerprint density at radius 3 is 2.45 bits per heavy atom. The topological polar surface area (TPSA) is 30.8 Å². The SMILES string of the molecule is COCOc1ccc(/N=C\C=C\c2ccccc2)cc1. The normalized spacial score (nSPS) is 11.2. The van der Waals surface area contributed by atoms with E-state index in [0.29, 0.717) is 0 Å². The van der Waals surface area contributed by atoms with Crippen LogP contribution in [0.5, 0.6) is 5.75 Å². The molecule has 0 amide bonds. The van der Waals surface area contributed by atoms with E-state index < -0.39 is 0 Å². The molecule has 2 rings (SSSR count). The first-order chi connectivity index (χ1) is 9.88. The number of hydrogen-bond acceptors (Lipinski definition) is 3. The molecule has 20 heavy (non-hydrogen) atoms. The first kappa shape index (κ1) is 14.0. The minimum atomic E-state index is 0.252. The van der Waals surface area contributed by atoms with Crippen LogP contribution in [0.4, 0.5) is 5.69 Å². The average molecular weight is 267 g/mol. The highest BCUT2D eigenvalue weighted by Gasteiger charge is 1.92. The molecule has 3 nitrogen and oxygen atoms in total. The molecule has 0 atom stereocenters. The summed E-state index contributed by atoms with van der Waals surface area (Å²) in [6.45, 7) is 0.252. The molecule has 3 heteroatoms. The molecule has 0 aromatic heterocycles. The van der Waals surface area contributed by atoms with Gasteiger partial charge in [-0.3, -0.25) is 4.99 Å². The van der Waals surface area contributed by atoms with Crippen molar-refractivity contribution in [3.8, 4) is 5.75 Å². The Kier molecular flexibility index (Phi) is 5.55. The summed E-state index contributed by atoms with van der Waals surface area (Å²) >= 11 is 0. The fourth-order valence-electron chi connectivity index (χ4n) is 1.60. The fourth-order valence-corrected chi connectivity index (χ4v) is 1.60. The van der Waals surface area contributed by atoms with Crippen molar-refractivity contribution in [2.75, 3.05) is 13.9 Å². The maximum atomic E-state index is 5.31. The summed E-state index contributed by atoms with van der Waals surface area (Å²) in [7, 11) is 1.59. The molecule has 2 aromatic rings. The highest BCUT2D eigenvalue weighted by molar-refractivity contribution is 5.80. The van der Waals surface area contributed by atoms with Gasteiger partial charge in [-0.15, -0.1) is 0 Å². The molecule has 0 spiro atoms. The van der Waals surface area contributed by atoms with Gasteiger partial charge in [0.05, 0.1) is 5.69 Å². The lowest BCUT2D eigenvalue weighted by atomic mass is 10.2. The monoisotopic (exact) mass is 267 g/mol. The molecule has 2 aromatic carbocycles. The lowest BCUT2D eigenvalue weighted by Gasteiger charge is -2.03. The summed E-state index contributed by atoms with van der Waals surface area (Å²) in [6, 6.07) is 17.7. The first-order valence-electron chi connectivity index (χ1n) is 6.36. The van der Waals surface area contributed by atoms with Crippen LogP contribution in [0.1, 0.15) is 5.56 Å². The van der Waals surface area contributed by atoms with E-state index in [1.807, 2.05) is 66.7 Å². The Labute approximate surface area is 119 Å². The molecule has 0 aliphatic rings. The second kappa shape index (κ2) is 7.92. The Morgan fingerprint density at radius 1 is 1.00 bits per heavy atom. The van der Waals surface area contributed by atoms with Gasteiger partial charge in [0, 0.05) is 13.3 Å². The van der Waals surface area contributed by atoms with Gasteiger partial charge in [0.25, 0.3) is 0 Å². The smallest absolute Gasteiger partial charge is 0.188 e. The van der Waals surface area contributed by atoms with Crippen LogP contribution in [0, 0.1) is 0 Å². The molecule has 102 valence electrons. The van der Waals surface area contributed by atoms with Crippen LogP contribution >= 0.6 is 0 Å². The van der Waals surface area contributed by atoms with E-state index in [1.54, 1.807) is 13.3 Å². The fraction of sp³-hybridized carbons (Fsp3) is 0.118. The van der Waals surface area contributed by atoms with Crippen molar-refractivity contribution < 1.29 is 9.47 Å². The van der Waals surface area contributed by atoms with Crippen LogP contribution in [0.25, 0.3) is 6.08 Å². The van der Waals surface area contributed by atoms with Gasteiger partial charge in [0.2, 0.25) is 0 Å². The van der Waals surface area contributed by atoms with Gasteiger partial charge in [0.15, 0.2) is 6.79 Å². The van der Waals surface area contributed by atoms with Gasteiger partial charge in [-0.1, -0.05) is 36.4 Å². The van der Waals surface area contributed by atoms with E-state index in [-0.39, 0.29) is 6.79 Å². The van der Waals surface area contributed by atoms with Crippen molar-refractivity contribution in [1.29, 1.82) is 0 Å². The number of aliphatic imine (C=N–C) groups is 1. The number of rotatable bonds is 6. The second-order valence-electron chi connectivity index (χ2n) is 4.09. The zero-order valence-electron chi connectivity index (χ0n) is 11.4. The minimum absolute atomic E-state index is 0.252. The third-order valence-corrected chi connectivity index (χ3v) is 2.58. The van der Waals surface area contributed by atoms with Crippen molar-refractivity contribution in [3.05, 3.63) is 66.2 Å². The molecule has 0 aliphatic heterocycles. The molecule has 0 radical (unpaired) electrons. The summed E-state index contributed by atoms with van der Waals surface area (Å²) in [6.07, 6.45) is 5.71. The van der Waals surface area contributed by atoms with Gasteiger partial charge >= 0.3 is 0 Å². The van der Waals surface area contributed by atoms with E-state index >= 15 is 0 Å². The summed E-state index contributed by atoms with van der Waals surface area (Å²) in [4.78, 5) is 4.34. The number of allylic oxidation sites excluding steroid dienone is 1. The summed E-state index contributed by atoms with van der Waals surface area (Å²) in [5, 5.41) is 0. The van der Waals surface area contributed by atoms with Gasteiger partial charge < -0.3 is 9.47 Å².